The number of amides is 1. The summed E-state index contributed by atoms with van der Waals surface area (Å²) >= 11 is 0. The van der Waals surface area contributed by atoms with Crippen LogP contribution in [0.25, 0.3) is 0 Å². The number of fused-ring (bicyclic) bond motifs is 3. The second-order valence-corrected chi connectivity index (χ2v) is 7.51. The average Bonchev–Trinajstić information content (AvgIpc) is 3.29. The fraction of sp³-hybridized carbons (Fsp3) is 0.632. The lowest BCUT2D eigenvalue weighted by Crippen LogP contribution is -2.48. The Bertz CT molecular complexity index is 611. The maximum absolute atomic E-state index is 12.8. The largest absolute Gasteiger partial charge is 0.371 e. The molecule has 1 saturated carbocycles. The van der Waals surface area contributed by atoms with Crippen molar-refractivity contribution in [2.24, 2.45) is 5.92 Å². The maximum atomic E-state index is 12.8. The van der Waals surface area contributed by atoms with Crippen LogP contribution in [-0.2, 0) is 9.53 Å². The molecule has 0 spiro atoms. The van der Waals surface area contributed by atoms with Crippen molar-refractivity contribution in [1.29, 1.82) is 0 Å². The molecule has 1 aromatic rings. The van der Waals surface area contributed by atoms with Gasteiger partial charge in [-0.3, -0.25) is 4.79 Å². The van der Waals surface area contributed by atoms with Gasteiger partial charge in [-0.05, 0) is 57.3 Å². The summed E-state index contributed by atoms with van der Waals surface area (Å²) in [4.78, 5) is 17.2. The topological polar surface area (TPSA) is 32.8 Å². The summed E-state index contributed by atoms with van der Waals surface area (Å²) in [6.07, 6.45) is 3.57. The highest BCUT2D eigenvalue weighted by atomic mass is 16.5. The number of rotatable bonds is 4. The molecule has 23 heavy (non-hydrogen) atoms. The molecule has 2 heterocycles. The summed E-state index contributed by atoms with van der Waals surface area (Å²) in [6.45, 7) is 5.19. The first kappa shape index (κ1) is 15.2. The van der Waals surface area contributed by atoms with Gasteiger partial charge in [-0.1, -0.05) is 17.7 Å². The van der Waals surface area contributed by atoms with E-state index in [-0.39, 0.29) is 12.5 Å². The lowest BCUT2D eigenvalue weighted by atomic mass is 9.89. The standard InChI is InChI=1S/C19H26N2O2/c1-13-3-6-17-15(9-13)16-10-20(2)8-7-18(16)21(17)19(22)12-23-11-14-4-5-14/h3,6,9,14,16,18H,4-5,7-8,10-12H2,1-2H3/t16-,18+/m0/s1. The van der Waals surface area contributed by atoms with E-state index in [1.807, 2.05) is 4.90 Å². The molecule has 124 valence electrons. The minimum absolute atomic E-state index is 0.132. The average molecular weight is 314 g/mol. The van der Waals surface area contributed by atoms with Gasteiger partial charge in [0.05, 0.1) is 6.61 Å². The molecule has 1 amide bonds. The van der Waals surface area contributed by atoms with Gasteiger partial charge >= 0.3 is 0 Å². The van der Waals surface area contributed by atoms with Crippen LogP contribution in [0.15, 0.2) is 18.2 Å². The SMILES string of the molecule is Cc1ccc2c(c1)[C@@H]1CN(C)CC[C@H]1N2C(=O)COCC1CC1. The molecule has 4 heteroatoms. The Morgan fingerprint density at radius 1 is 1.30 bits per heavy atom. The highest BCUT2D eigenvalue weighted by Crippen LogP contribution is 2.44. The van der Waals surface area contributed by atoms with E-state index in [1.54, 1.807) is 0 Å². The van der Waals surface area contributed by atoms with E-state index < -0.39 is 0 Å². The molecule has 2 atom stereocenters. The summed E-state index contributed by atoms with van der Waals surface area (Å²) in [6, 6.07) is 6.82. The Labute approximate surface area is 138 Å². The van der Waals surface area contributed by atoms with E-state index in [2.05, 4.69) is 37.1 Å². The van der Waals surface area contributed by atoms with E-state index in [0.717, 1.165) is 31.8 Å². The lowest BCUT2D eigenvalue weighted by molar-refractivity contribution is -0.123. The maximum Gasteiger partial charge on any atom is 0.253 e. The molecule has 0 radical (unpaired) electrons. The van der Waals surface area contributed by atoms with Crippen LogP contribution in [0.3, 0.4) is 0 Å². The first-order chi connectivity index (χ1) is 11.1. The van der Waals surface area contributed by atoms with Gasteiger partial charge in [0.2, 0.25) is 0 Å². The molecule has 4 nitrogen and oxygen atoms in total. The minimum atomic E-state index is 0.132. The van der Waals surface area contributed by atoms with Gasteiger partial charge in [-0.15, -0.1) is 0 Å². The predicted octanol–water partition coefficient (Wildman–Crippen LogP) is 2.56. The Balaban J connectivity index is 1.56. The third kappa shape index (κ3) is 2.90. The number of likely N-dealkylation sites (tertiary alicyclic amines) is 1. The van der Waals surface area contributed by atoms with Crippen molar-refractivity contribution < 1.29 is 9.53 Å². The van der Waals surface area contributed by atoms with E-state index >= 15 is 0 Å². The van der Waals surface area contributed by atoms with Crippen molar-refractivity contribution in [3.05, 3.63) is 29.3 Å². The van der Waals surface area contributed by atoms with Gasteiger partial charge in [-0.2, -0.15) is 0 Å². The van der Waals surface area contributed by atoms with Gasteiger partial charge in [0.25, 0.3) is 5.91 Å². The number of ether oxygens (including phenoxy) is 1. The predicted molar refractivity (Wildman–Crippen MR) is 90.9 cm³/mol. The van der Waals surface area contributed by atoms with Crippen molar-refractivity contribution >= 4 is 11.6 Å². The number of carbonyl (C=O) groups excluding carboxylic acids is 1. The third-order valence-electron chi connectivity index (χ3n) is 5.50. The third-order valence-corrected chi connectivity index (χ3v) is 5.50. The van der Waals surface area contributed by atoms with Crippen LogP contribution in [0.4, 0.5) is 5.69 Å². The first-order valence-electron chi connectivity index (χ1n) is 8.82. The van der Waals surface area contributed by atoms with Crippen LogP contribution in [-0.4, -0.2) is 50.2 Å². The quantitative estimate of drug-likeness (QED) is 0.856. The van der Waals surface area contributed by atoms with Crippen molar-refractivity contribution in [2.75, 3.05) is 38.3 Å². The summed E-state index contributed by atoms with van der Waals surface area (Å²) in [5.74, 6) is 1.27. The summed E-state index contributed by atoms with van der Waals surface area (Å²) < 4.78 is 5.67. The zero-order valence-electron chi connectivity index (χ0n) is 14.1. The Hall–Kier alpha value is -1.39. The Morgan fingerprint density at radius 2 is 2.13 bits per heavy atom. The van der Waals surface area contributed by atoms with Gasteiger partial charge in [0, 0.05) is 24.2 Å². The van der Waals surface area contributed by atoms with Crippen molar-refractivity contribution in [3.8, 4) is 0 Å². The van der Waals surface area contributed by atoms with Crippen LogP contribution in [0.2, 0.25) is 0 Å². The molecule has 2 fully saturated rings. The molecule has 0 unspecified atom stereocenters. The molecule has 0 aromatic heterocycles. The molecule has 1 saturated heterocycles. The van der Waals surface area contributed by atoms with Gasteiger partial charge < -0.3 is 14.5 Å². The number of carbonyl (C=O) groups is 1. The van der Waals surface area contributed by atoms with Gasteiger partial charge in [0.1, 0.15) is 6.61 Å². The van der Waals surface area contributed by atoms with Crippen molar-refractivity contribution in [3.63, 3.8) is 0 Å². The molecule has 1 aliphatic carbocycles. The number of piperidine rings is 1. The first-order valence-corrected chi connectivity index (χ1v) is 8.82. The highest BCUT2D eigenvalue weighted by molar-refractivity contribution is 5.97. The normalized spacial score (nSPS) is 27.0. The van der Waals surface area contributed by atoms with Crippen LogP contribution < -0.4 is 4.90 Å². The zero-order valence-corrected chi connectivity index (χ0v) is 14.1. The number of aryl methyl sites for hydroxylation is 1. The smallest absolute Gasteiger partial charge is 0.253 e. The number of benzene rings is 1. The van der Waals surface area contributed by atoms with E-state index in [0.29, 0.717) is 17.9 Å². The fourth-order valence-corrected chi connectivity index (χ4v) is 4.07. The van der Waals surface area contributed by atoms with Crippen LogP contribution in [0, 0.1) is 12.8 Å². The highest BCUT2D eigenvalue weighted by Gasteiger charge is 2.43. The number of likely N-dealkylation sites (N-methyl/N-ethyl adjacent to an activating group) is 1. The van der Waals surface area contributed by atoms with Gasteiger partial charge in [0.15, 0.2) is 0 Å². The van der Waals surface area contributed by atoms with Gasteiger partial charge in [-0.25, -0.2) is 0 Å². The van der Waals surface area contributed by atoms with Crippen molar-refractivity contribution in [1.82, 2.24) is 4.90 Å². The molecule has 1 aromatic carbocycles. The molecule has 4 rings (SSSR count). The number of hydrogen-bond acceptors (Lipinski definition) is 3. The van der Waals surface area contributed by atoms with Crippen molar-refractivity contribution in [2.45, 2.75) is 38.1 Å². The molecule has 3 aliphatic rings. The van der Waals surface area contributed by atoms with E-state index in [9.17, 15) is 4.79 Å². The number of hydrogen-bond donors (Lipinski definition) is 0. The van der Waals surface area contributed by atoms with Crippen LogP contribution in [0.1, 0.15) is 36.3 Å². The van der Waals surface area contributed by atoms with Crippen LogP contribution in [0.5, 0.6) is 0 Å². The second kappa shape index (κ2) is 5.91. The molecule has 0 bridgehead atoms. The van der Waals surface area contributed by atoms with E-state index in [1.165, 1.54) is 24.0 Å². The zero-order chi connectivity index (χ0) is 16.0. The summed E-state index contributed by atoms with van der Waals surface area (Å²) in [7, 11) is 2.18. The molecule has 2 aliphatic heterocycles. The number of nitrogens with zero attached hydrogens (tertiary/aromatic N) is 2. The molecular formula is C19H26N2O2. The van der Waals surface area contributed by atoms with Crippen LogP contribution >= 0.6 is 0 Å². The lowest BCUT2D eigenvalue weighted by Gasteiger charge is -2.36. The molecular weight excluding hydrogens is 288 g/mol. The Morgan fingerprint density at radius 3 is 2.91 bits per heavy atom. The minimum Gasteiger partial charge on any atom is -0.371 e. The monoisotopic (exact) mass is 314 g/mol. The summed E-state index contributed by atoms with van der Waals surface area (Å²) in [5.41, 5.74) is 3.73. The Kier molecular flexibility index (Phi) is 3.90. The fourth-order valence-electron chi connectivity index (χ4n) is 4.07. The molecule has 0 N–H and O–H groups in total. The second-order valence-electron chi connectivity index (χ2n) is 7.51. The van der Waals surface area contributed by atoms with E-state index in [4.69, 9.17) is 4.74 Å². The summed E-state index contributed by atoms with van der Waals surface area (Å²) in [5, 5.41) is 0. The number of anilines is 1.